The maximum atomic E-state index is 12.3. The third-order valence-electron chi connectivity index (χ3n) is 3.04. The van der Waals surface area contributed by atoms with Gasteiger partial charge in [-0.05, 0) is 16.8 Å². The number of alkyl halides is 1. The third-order valence-corrected chi connectivity index (χ3v) is 3.67. The zero-order valence-electron chi connectivity index (χ0n) is 10.1. The molecule has 0 spiro atoms. The number of amides is 2. The number of carbonyl (C=O) groups is 3. The Hall–Kier alpha value is -1.96. The number of halogens is 1. The molecule has 0 saturated heterocycles. The lowest BCUT2D eigenvalue weighted by Gasteiger charge is -2.11. The highest BCUT2D eigenvalue weighted by molar-refractivity contribution is 14.1. The van der Waals surface area contributed by atoms with Gasteiger partial charge >= 0.3 is 5.97 Å². The first-order chi connectivity index (χ1) is 9.63. The van der Waals surface area contributed by atoms with E-state index < -0.39 is 17.8 Å². The Labute approximate surface area is 127 Å². The Balaban J connectivity index is 2.13. The molecule has 5 nitrogen and oxygen atoms in total. The van der Waals surface area contributed by atoms with Gasteiger partial charge in [0, 0.05) is 0 Å². The largest absolute Gasteiger partial charge is 0.342 e. The van der Waals surface area contributed by atoms with Gasteiger partial charge in [-0.15, -0.1) is 0 Å². The summed E-state index contributed by atoms with van der Waals surface area (Å²) in [4.78, 5) is 40.5. The molecule has 0 aromatic heterocycles. The van der Waals surface area contributed by atoms with Crippen LogP contribution in [0.1, 0.15) is 20.7 Å². The highest BCUT2D eigenvalue weighted by atomic mass is 127. The second kappa shape index (κ2) is 4.86. The van der Waals surface area contributed by atoms with E-state index in [2.05, 4.69) is 0 Å². The quantitative estimate of drug-likeness (QED) is 0.455. The fourth-order valence-electron chi connectivity index (χ4n) is 2.19. The van der Waals surface area contributed by atoms with Crippen molar-refractivity contribution in [1.82, 2.24) is 5.06 Å². The summed E-state index contributed by atoms with van der Waals surface area (Å²) in [6, 6.07) is 10.6. The first-order valence-electron chi connectivity index (χ1n) is 5.81. The molecule has 0 aliphatic carbocycles. The molecule has 1 aliphatic rings. The summed E-state index contributed by atoms with van der Waals surface area (Å²) < 4.78 is 0.0614. The molecule has 0 saturated carbocycles. The van der Waals surface area contributed by atoms with Gasteiger partial charge in [0.2, 0.25) is 0 Å². The van der Waals surface area contributed by atoms with Crippen molar-refractivity contribution in [2.45, 2.75) is 0 Å². The number of hydrogen-bond acceptors (Lipinski definition) is 4. The lowest BCUT2D eigenvalue weighted by molar-refractivity contribution is -0.164. The summed E-state index contributed by atoms with van der Waals surface area (Å²) in [5.41, 5.74) is 0.546. The average Bonchev–Trinajstić information content (AvgIpc) is 2.72. The van der Waals surface area contributed by atoms with Gasteiger partial charge in [-0.1, -0.05) is 58.0 Å². The van der Waals surface area contributed by atoms with Crippen LogP contribution in [0.2, 0.25) is 0 Å². The molecule has 0 fully saturated rings. The Morgan fingerprint density at radius 2 is 1.85 bits per heavy atom. The van der Waals surface area contributed by atoms with E-state index in [-0.39, 0.29) is 15.6 Å². The van der Waals surface area contributed by atoms with E-state index in [1.807, 2.05) is 12.1 Å². The SMILES string of the molecule is O=C(CI)ON1C(=O)c2ccc3ccccc3c2C1=O. The summed E-state index contributed by atoms with van der Waals surface area (Å²) in [6.07, 6.45) is 0. The monoisotopic (exact) mass is 381 g/mol. The van der Waals surface area contributed by atoms with Gasteiger partial charge in [0.1, 0.15) is 4.43 Å². The van der Waals surface area contributed by atoms with E-state index in [9.17, 15) is 14.4 Å². The van der Waals surface area contributed by atoms with E-state index in [4.69, 9.17) is 4.84 Å². The molecule has 0 bridgehead atoms. The third kappa shape index (κ3) is 1.87. The molecular weight excluding hydrogens is 373 g/mol. The minimum absolute atomic E-state index is 0.0614. The highest BCUT2D eigenvalue weighted by Crippen LogP contribution is 2.30. The Kier molecular flexibility index (Phi) is 3.17. The molecule has 1 heterocycles. The lowest BCUT2D eigenvalue weighted by Crippen LogP contribution is -2.33. The number of rotatable bonds is 2. The van der Waals surface area contributed by atoms with Gasteiger partial charge in [-0.2, -0.15) is 0 Å². The predicted molar refractivity (Wildman–Crippen MR) is 79.4 cm³/mol. The van der Waals surface area contributed by atoms with Gasteiger partial charge in [0.25, 0.3) is 11.8 Å². The van der Waals surface area contributed by atoms with Crippen molar-refractivity contribution in [3.8, 4) is 0 Å². The van der Waals surface area contributed by atoms with Crippen molar-refractivity contribution in [3.05, 3.63) is 47.5 Å². The van der Waals surface area contributed by atoms with Gasteiger partial charge in [-0.3, -0.25) is 9.59 Å². The summed E-state index contributed by atoms with van der Waals surface area (Å²) in [6.45, 7) is 0. The van der Waals surface area contributed by atoms with E-state index >= 15 is 0 Å². The van der Waals surface area contributed by atoms with E-state index in [0.717, 1.165) is 5.39 Å². The summed E-state index contributed by atoms with van der Waals surface area (Å²) >= 11 is 1.80. The highest BCUT2D eigenvalue weighted by Gasteiger charge is 2.39. The Morgan fingerprint density at radius 1 is 1.10 bits per heavy atom. The van der Waals surface area contributed by atoms with Crippen LogP contribution >= 0.6 is 22.6 Å². The lowest BCUT2D eigenvalue weighted by atomic mass is 10.0. The maximum Gasteiger partial charge on any atom is 0.342 e. The molecule has 20 heavy (non-hydrogen) atoms. The number of fused-ring (bicyclic) bond motifs is 3. The van der Waals surface area contributed by atoms with Crippen LogP contribution in [0.15, 0.2) is 36.4 Å². The Morgan fingerprint density at radius 3 is 2.60 bits per heavy atom. The smallest absolute Gasteiger partial charge is 0.329 e. The fraction of sp³-hybridized carbons (Fsp3) is 0.0714. The van der Waals surface area contributed by atoms with Crippen molar-refractivity contribution in [2.24, 2.45) is 0 Å². The van der Waals surface area contributed by atoms with Crippen molar-refractivity contribution in [3.63, 3.8) is 0 Å². The summed E-state index contributed by atoms with van der Waals surface area (Å²) in [5.74, 6) is -1.83. The molecular formula is C14H8INO4. The van der Waals surface area contributed by atoms with E-state index in [0.29, 0.717) is 10.4 Å². The molecule has 100 valence electrons. The Bertz CT molecular complexity index is 756. The molecule has 0 atom stereocenters. The standard InChI is InChI=1S/C14H8INO4/c15-7-11(17)20-16-13(18)10-6-5-8-3-1-2-4-9(8)12(10)14(16)19/h1-6H,7H2. The number of benzene rings is 2. The maximum absolute atomic E-state index is 12.3. The van der Waals surface area contributed by atoms with Crippen molar-refractivity contribution in [2.75, 3.05) is 4.43 Å². The van der Waals surface area contributed by atoms with Crippen LogP contribution < -0.4 is 0 Å². The van der Waals surface area contributed by atoms with Gasteiger partial charge in [0.15, 0.2) is 0 Å². The number of hydrogen-bond donors (Lipinski definition) is 0. The van der Waals surface area contributed by atoms with Crippen molar-refractivity contribution in [1.29, 1.82) is 0 Å². The fourth-order valence-corrected chi connectivity index (χ4v) is 2.33. The summed E-state index contributed by atoms with van der Waals surface area (Å²) in [5, 5.41) is 2.07. The zero-order chi connectivity index (χ0) is 14.3. The molecule has 2 aromatic carbocycles. The molecule has 0 unspecified atom stereocenters. The van der Waals surface area contributed by atoms with Crippen LogP contribution in [0.4, 0.5) is 0 Å². The van der Waals surface area contributed by atoms with Crippen LogP contribution in [0.25, 0.3) is 10.8 Å². The molecule has 2 amide bonds. The normalized spacial score (nSPS) is 13.8. The first kappa shape index (κ1) is 13.0. The molecule has 0 radical (unpaired) electrons. The van der Waals surface area contributed by atoms with E-state index in [1.54, 1.807) is 46.9 Å². The second-order valence-electron chi connectivity index (χ2n) is 4.21. The van der Waals surface area contributed by atoms with Crippen LogP contribution in [-0.4, -0.2) is 27.3 Å². The predicted octanol–water partition coefficient (Wildman–Crippen LogP) is 2.33. The van der Waals surface area contributed by atoms with Gasteiger partial charge in [-0.25, -0.2) is 4.79 Å². The number of nitrogens with zero attached hydrogens (tertiary/aromatic N) is 1. The number of imide groups is 1. The minimum Gasteiger partial charge on any atom is -0.329 e. The average molecular weight is 381 g/mol. The molecule has 3 rings (SSSR count). The van der Waals surface area contributed by atoms with Crippen LogP contribution in [-0.2, 0) is 9.63 Å². The van der Waals surface area contributed by atoms with Gasteiger partial charge in [0.05, 0.1) is 11.1 Å². The second-order valence-corrected chi connectivity index (χ2v) is 4.97. The van der Waals surface area contributed by atoms with E-state index in [1.165, 1.54) is 0 Å². The van der Waals surface area contributed by atoms with Crippen LogP contribution in [0, 0.1) is 0 Å². The minimum atomic E-state index is -0.635. The van der Waals surface area contributed by atoms with Crippen molar-refractivity contribution >= 4 is 51.1 Å². The molecule has 0 N–H and O–H groups in total. The number of hydroxylamine groups is 2. The van der Waals surface area contributed by atoms with Gasteiger partial charge < -0.3 is 4.84 Å². The molecule has 2 aromatic rings. The number of carbonyl (C=O) groups excluding carboxylic acids is 3. The van der Waals surface area contributed by atoms with Crippen LogP contribution in [0.5, 0.6) is 0 Å². The first-order valence-corrected chi connectivity index (χ1v) is 7.33. The molecule has 1 aliphatic heterocycles. The zero-order valence-corrected chi connectivity index (χ0v) is 12.3. The molecule has 6 heteroatoms. The van der Waals surface area contributed by atoms with Crippen molar-refractivity contribution < 1.29 is 19.2 Å². The van der Waals surface area contributed by atoms with Crippen LogP contribution in [0.3, 0.4) is 0 Å². The topological polar surface area (TPSA) is 63.7 Å². The summed E-state index contributed by atoms with van der Waals surface area (Å²) in [7, 11) is 0.